The molecule has 1 N–H and O–H groups in total. The number of rotatable bonds is 4. The Morgan fingerprint density at radius 3 is 2.26 bits per heavy atom. The molecule has 0 bridgehead atoms. The summed E-state index contributed by atoms with van der Waals surface area (Å²) in [7, 11) is 1.52. The van der Waals surface area contributed by atoms with Gasteiger partial charge < -0.3 is 19.9 Å². The fourth-order valence-electron chi connectivity index (χ4n) is 3.99. The molecule has 1 saturated heterocycles. The lowest BCUT2D eigenvalue weighted by atomic mass is 9.95. The first kappa shape index (κ1) is 20.7. The summed E-state index contributed by atoms with van der Waals surface area (Å²) < 4.78 is 5.04. The smallest absolute Gasteiger partial charge is 0.410 e. The highest BCUT2D eigenvalue weighted by Gasteiger charge is 2.23. The monoisotopic (exact) mass is 417 g/mol. The third-order valence-electron chi connectivity index (χ3n) is 5.83. The minimum absolute atomic E-state index is 0.245. The number of nitrogens with zero attached hydrogens (tertiary/aromatic N) is 2. The highest BCUT2D eigenvalue weighted by molar-refractivity contribution is 5.98. The second-order valence-electron chi connectivity index (χ2n) is 7.72. The number of piperazine rings is 1. The second kappa shape index (κ2) is 9.08. The van der Waals surface area contributed by atoms with Crippen LogP contribution in [0.4, 0.5) is 10.5 Å². The Labute approximate surface area is 182 Å². The summed E-state index contributed by atoms with van der Waals surface area (Å²) >= 11 is 0. The number of aryl methyl sites for hydroxylation is 1. The molecule has 1 fully saturated rings. The van der Waals surface area contributed by atoms with Crippen molar-refractivity contribution in [3.8, 4) is 11.1 Å². The molecule has 0 atom stereocenters. The molecule has 0 saturated carbocycles. The summed E-state index contributed by atoms with van der Waals surface area (Å²) in [6, 6.07) is 21.5. The lowest BCUT2D eigenvalue weighted by Crippen LogP contribution is -2.49. The molecule has 2 amide bonds. The molecule has 3 aromatic carbocycles. The zero-order valence-corrected chi connectivity index (χ0v) is 17.9. The first-order valence-corrected chi connectivity index (χ1v) is 10.5. The molecule has 1 heterocycles. The zero-order valence-electron chi connectivity index (χ0n) is 17.9. The van der Waals surface area contributed by atoms with Crippen LogP contribution in [0.15, 0.2) is 60.7 Å². The molecular formula is C25H27N3O3. The Hall–Kier alpha value is -3.54. The van der Waals surface area contributed by atoms with Crippen LogP contribution in [0, 0.1) is 6.92 Å². The van der Waals surface area contributed by atoms with Crippen molar-refractivity contribution >= 4 is 28.5 Å². The molecule has 0 unspecified atom stereocenters. The zero-order chi connectivity index (χ0) is 21.8. The van der Waals surface area contributed by atoms with Crippen LogP contribution in [0.5, 0.6) is 0 Å². The number of ether oxygens (including phenoxy) is 1. The summed E-state index contributed by atoms with van der Waals surface area (Å²) in [4.78, 5) is 27.2. The van der Waals surface area contributed by atoms with E-state index in [1.165, 1.54) is 34.5 Å². The van der Waals surface area contributed by atoms with E-state index in [4.69, 9.17) is 4.74 Å². The van der Waals surface area contributed by atoms with Crippen LogP contribution in [0.2, 0.25) is 0 Å². The summed E-state index contributed by atoms with van der Waals surface area (Å²) in [5, 5.41) is 4.98. The van der Waals surface area contributed by atoms with Crippen molar-refractivity contribution in [1.29, 1.82) is 0 Å². The van der Waals surface area contributed by atoms with E-state index < -0.39 is 6.09 Å². The Morgan fingerprint density at radius 1 is 0.903 bits per heavy atom. The van der Waals surface area contributed by atoms with Gasteiger partial charge in [0.15, 0.2) is 6.61 Å². The van der Waals surface area contributed by atoms with Gasteiger partial charge in [0.05, 0.1) is 0 Å². The van der Waals surface area contributed by atoms with Crippen molar-refractivity contribution in [1.82, 2.24) is 10.2 Å². The maximum atomic E-state index is 12.1. The minimum Gasteiger partial charge on any atom is -0.439 e. The molecule has 0 aromatic heterocycles. The lowest BCUT2D eigenvalue weighted by molar-refractivity contribution is -0.123. The van der Waals surface area contributed by atoms with Gasteiger partial charge in [-0.3, -0.25) is 4.79 Å². The average Bonchev–Trinajstić information content (AvgIpc) is 2.83. The van der Waals surface area contributed by atoms with E-state index in [1.54, 1.807) is 4.90 Å². The number of carbonyl (C=O) groups excluding carboxylic acids is 2. The van der Waals surface area contributed by atoms with Crippen LogP contribution in [-0.4, -0.2) is 56.7 Å². The minimum atomic E-state index is -0.440. The summed E-state index contributed by atoms with van der Waals surface area (Å²) in [6.45, 7) is 4.48. The van der Waals surface area contributed by atoms with Crippen molar-refractivity contribution in [2.24, 2.45) is 0 Å². The highest BCUT2D eigenvalue weighted by Crippen LogP contribution is 2.32. The fraction of sp³-hybridized carbons (Fsp3) is 0.280. The molecule has 0 aliphatic carbocycles. The molecule has 31 heavy (non-hydrogen) atoms. The number of anilines is 1. The van der Waals surface area contributed by atoms with E-state index in [1.807, 2.05) is 0 Å². The normalized spacial score (nSPS) is 13.9. The molecule has 1 aliphatic heterocycles. The van der Waals surface area contributed by atoms with Crippen molar-refractivity contribution in [2.45, 2.75) is 6.92 Å². The van der Waals surface area contributed by atoms with Gasteiger partial charge in [0.1, 0.15) is 0 Å². The molecule has 4 rings (SSSR count). The molecule has 6 nitrogen and oxygen atoms in total. The molecule has 160 valence electrons. The third kappa shape index (κ3) is 4.48. The molecular weight excluding hydrogens is 390 g/mol. The first-order chi connectivity index (χ1) is 15.1. The van der Waals surface area contributed by atoms with Crippen LogP contribution >= 0.6 is 0 Å². The maximum Gasteiger partial charge on any atom is 0.410 e. The number of benzene rings is 3. The molecule has 0 spiro atoms. The standard InChI is InChI=1S/C25H27N3O3/c1-18-7-12-22(23-6-4-3-5-21(18)23)19-8-10-20(11-9-19)27-13-15-28(16-14-27)25(30)31-17-24(29)26-2/h3-12H,13-17H2,1-2H3,(H,26,29). The largest absolute Gasteiger partial charge is 0.439 e. The van der Waals surface area contributed by atoms with Crippen LogP contribution in [0.3, 0.4) is 0 Å². The first-order valence-electron chi connectivity index (χ1n) is 10.5. The van der Waals surface area contributed by atoms with Gasteiger partial charge in [-0.05, 0) is 46.5 Å². The van der Waals surface area contributed by atoms with Gasteiger partial charge in [0.25, 0.3) is 5.91 Å². The highest BCUT2D eigenvalue weighted by atomic mass is 16.6. The van der Waals surface area contributed by atoms with Crippen LogP contribution in [0.25, 0.3) is 21.9 Å². The van der Waals surface area contributed by atoms with E-state index in [0.717, 1.165) is 18.8 Å². The summed E-state index contributed by atoms with van der Waals surface area (Å²) in [5.74, 6) is -0.312. The van der Waals surface area contributed by atoms with Crippen molar-refractivity contribution in [3.63, 3.8) is 0 Å². The van der Waals surface area contributed by atoms with Gasteiger partial charge in [-0.25, -0.2) is 4.79 Å². The van der Waals surface area contributed by atoms with E-state index in [9.17, 15) is 9.59 Å². The number of likely N-dealkylation sites (N-methyl/N-ethyl adjacent to an activating group) is 1. The quantitative estimate of drug-likeness (QED) is 0.701. The van der Waals surface area contributed by atoms with Gasteiger partial charge in [-0.1, -0.05) is 48.5 Å². The predicted octanol–water partition coefficient (Wildman–Crippen LogP) is 3.82. The van der Waals surface area contributed by atoms with Crippen molar-refractivity contribution < 1.29 is 14.3 Å². The topological polar surface area (TPSA) is 61.9 Å². The van der Waals surface area contributed by atoms with Crippen molar-refractivity contribution in [3.05, 3.63) is 66.2 Å². The summed E-state index contributed by atoms with van der Waals surface area (Å²) in [6.07, 6.45) is -0.440. The van der Waals surface area contributed by atoms with Gasteiger partial charge in [0, 0.05) is 38.9 Å². The fourth-order valence-corrected chi connectivity index (χ4v) is 3.99. The van der Waals surface area contributed by atoms with E-state index >= 15 is 0 Å². The Morgan fingerprint density at radius 2 is 1.58 bits per heavy atom. The Balaban J connectivity index is 1.42. The molecule has 1 aliphatic rings. The maximum absolute atomic E-state index is 12.1. The van der Waals surface area contributed by atoms with Gasteiger partial charge >= 0.3 is 6.09 Å². The van der Waals surface area contributed by atoms with Gasteiger partial charge in [-0.15, -0.1) is 0 Å². The van der Waals surface area contributed by atoms with Crippen LogP contribution < -0.4 is 10.2 Å². The van der Waals surface area contributed by atoms with Gasteiger partial charge in [0.2, 0.25) is 0 Å². The Kier molecular flexibility index (Phi) is 6.07. The molecule has 3 aromatic rings. The average molecular weight is 418 g/mol. The summed E-state index contributed by atoms with van der Waals surface area (Å²) in [5.41, 5.74) is 4.84. The molecule has 6 heteroatoms. The lowest BCUT2D eigenvalue weighted by Gasteiger charge is -2.35. The number of amides is 2. The van der Waals surface area contributed by atoms with E-state index in [2.05, 4.69) is 77.8 Å². The number of hydrogen-bond donors (Lipinski definition) is 1. The van der Waals surface area contributed by atoms with Crippen LogP contribution in [0.1, 0.15) is 5.56 Å². The Bertz CT molecular complexity index is 1090. The van der Waals surface area contributed by atoms with Crippen LogP contribution in [-0.2, 0) is 9.53 Å². The number of nitrogens with one attached hydrogen (secondary N) is 1. The van der Waals surface area contributed by atoms with E-state index in [-0.39, 0.29) is 12.5 Å². The van der Waals surface area contributed by atoms with E-state index in [0.29, 0.717) is 13.1 Å². The number of fused-ring (bicyclic) bond motifs is 1. The SMILES string of the molecule is CNC(=O)COC(=O)N1CCN(c2ccc(-c3ccc(C)c4ccccc34)cc2)CC1. The predicted molar refractivity (Wildman–Crippen MR) is 123 cm³/mol. The number of carbonyl (C=O) groups is 2. The number of hydrogen-bond acceptors (Lipinski definition) is 4. The van der Waals surface area contributed by atoms with Gasteiger partial charge in [-0.2, -0.15) is 0 Å². The third-order valence-corrected chi connectivity index (χ3v) is 5.83. The van der Waals surface area contributed by atoms with Crippen molar-refractivity contribution in [2.75, 3.05) is 44.7 Å². The second-order valence-corrected chi connectivity index (χ2v) is 7.72. The molecule has 0 radical (unpaired) electrons.